The van der Waals surface area contributed by atoms with Crippen molar-refractivity contribution in [1.29, 1.82) is 0 Å². The highest BCUT2D eigenvalue weighted by molar-refractivity contribution is 7.98. The Morgan fingerprint density at radius 1 is 1.20 bits per heavy atom. The van der Waals surface area contributed by atoms with Crippen LogP contribution in [0, 0.1) is 0 Å². The summed E-state index contributed by atoms with van der Waals surface area (Å²) in [6.07, 6.45) is 2.09. The predicted molar refractivity (Wildman–Crippen MR) is 168 cm³/mol. The van der Waals surface area contributed by atoms with E-state index in [-0.39, 0.29) is 41.9 Å². The van der Waals surface area contributed by atoms with E-state index in [2.05, 4.69) is 25.9 Å². The van der Waals surface area contributed by atoms with Crippen LogP contribution >= 0.6 is 11.8 Å². The fourth-order valence-corrected chi connectivity index (χ4v) is 4.52. The summed E-state index contributed by atoms with van der Waals surface area (Å²) in [7, 11) is 1.79. The number of aliphatic carboxylic acids is 2. The van der Waals surface area contributed by atoms with E-state index >= 15 is 0 Å². The Balaban J connectivity index is 0.000000523. The fraction of sp³-hybridized carbons (Fsp3) is 0.481. The number of aromatic amines is 1. The minimum Gasteiger partial charge on any atom is -0.481 e. The number of esters is 1. The first kappa shape index (κ1) is 35.7. The minimum absolute atomic E-state index is 0.0388. The van der Waals surface area contributed by atoms with E-state index in [1.165, 1.54) is 12.1 Å². The van der Waals surface area contributed by atoms with Gasteiger partial charge in [-0.25, -0.2) is 4.79 Å². The van der Waals surface area contributed by atoms with Crippen LogP contribution in [0.15, 0.2) is 29.1 Å². The Morgan fingerprint density at radius 2 is 1.89 bits per heavy atom. The number of aromatic nitrogens is 2. The van der Waals surface area contributed by atoms with Crippen LogP contribution in [-0.4, -0.2) is 101 Å². The number of carboxylic acid groups (broad SMARTS) is 2. The van der Waals surface area contributed by atoms with Gasteiger partial charge in [0.05, 0.1) is 12.6 Å². The lowest BCUT2D eigenvalue weighted by molar-refractivity contribution is -0.145. The van der Waals surface area contributed by atoms with E-state index in [0.717, 1.165) is 11.4 Å². The number of nitrogens with zero attached hydrogens (tertiary/aromatic N) is 2. The Morgan fingerprint density at radius 3 is 2.48 bits per heavy atom. The van der Waals surface area contributed by atoms with Gasteiger partial charge in [0.1, 0.15) is 17.8 Å². The second-order valence-corrected chi connectivity index (χ2v) is 10.7. The molecule has 44 heavy (non-hydrogen) atoms. The number of H-pyrrole nitrogens is 1. The van der Waals surface area contributed by atoms with Crippen LogP contribution < -0.4 is 37.9 Å². The van der Waals surface area contributed by atoms with Crippen molar-refractivity contribution in [3.05, 3.63) is 40.2 Å². The molecule has 0 bridgehead atoms. The molecule has 0 aliphatic carbocycles. The SMILES string of the molecule is CCOC(=O)[C@@H](N)CCSC.CN1c2c(nc(N)[nH]c2=O)NC[C@@H]1CNc1ccc(C(=O)N[C@@H](CCC(=O)O)C(=O)O)cc1. The lowest BCUT2D eigenvalue weighted by Gasteiger charge is -2.35. The summed E-state index contributed by atoms with van der Waals surface area (Å²) < 4.78 is 4.73. The number of carbonyl (C=O) groups is 4. The third-order valence-corrected chi connectivity index (χ3v) is 7.12. The van der Waals surface area contributed by atoms with Gasteiger partial charge in [0, 0.05) is 37.8 Å². The number of likely N-dealkylation sites (N-methyl/N-ethyl adjacent to an activating group) is 1. The van der Waals surface area contributed by atoms with Gasteiger partial charge in [0.2, 0.25) is 5.95 Å². The van der Waals surface area contributed by atoms with E-state index in [9.17, 15) is 29.1 Å². The number of nitrogens with two attached hydrogens (primary N) is 2. The van der Waals surface area contributed by atoms with E-state index in [1.807, 2.05) is 11.2 Å². The predicted octanol–water partition coefficient (Wildman–Crippen LogP) is 0.372. The molecule has 1 aromatic carbocycles. The monoisotopic (exact) mass is 636 g/mol. The summed E-state index contributed by atoms with van der Waals surface area (Å²) in [5.74, 6) is -1.98. The van der Waals surface area contributed by atoms with Crippen LogP contribution in [-0.2, 0) is 19.1 Å². The van der Waals surface area contributed by atoms with Crippen molar-refractivity contribution in [2.75, 3.05) is 60.0 Å². The highest BCUT2D eigenvalue weighted by atomic mass is 32.2. The van der Waals surface area contributed by atoms with Gasteiger partial charge in [-0.3, -0.25) is 24.2 Å². The second-order valence-electron chi connectivity index (χ2n) is 9.69. The second kappa shape index (κ2) is 17.6. The topological polar surface area (TPSA) is 255 Å². The van der Waals surface area contributed by atoms with Gasteiger partial charge in [0.25, 0.3) is 11.5 Å². The van der Waals surface area contributed by atoms with E-state index in [0.29, 0.717) is 37.6 Å². The molecule has 3 atom stereocenters. The number of hydrogen-bond donors (Lipinski definition) is 8. The number of benzene rings is 1. The zero-order valence-corrected chi connectivity index (χ0v) is 25.6. The normalized spacial score (nSPS) is 14.9. The highest BCUT2D eigenvalue weighted by Crippen LogP contribution is 2.25. The van der Waals surface area contributed by atoms with Gasteiger partial charge >= 0.3 is 17.9 Å². The quantitative estimate of drug-likeness (QED) is 0.130. The summed E-state index contributed by atoms with van der Waals surface area (Å²) >= 11 is 1.68. The molecule has 0 fully saturated rings. The number of carboxylic acids is 2. The van der Waals surface area contributed by atoms with Gasteiger partial charge in [-0.2, -0.15) is 16.7 Å². The molecular formula is C27H40N8O8S. The molecule has 16 nitrogen and oxygen atoms in total. The van der Waals surface area contributed by atoms with Crippen LogP contribution in [0.5, 0.6) is 0 Å². The molecule has 0 saturated carbocycles. The molecule has 0 spiro atoms. The number of fused-ring (bicyclic) bond motifs is 1. The maximum Gasteiger partial charge on any atom is 0.326 e. The molecule has 1 aliphatic heterocycles. The van der Waals surface area contributed by atoms with Gasteiger partial charge in [-0.05, 0) is 56.0 Å². The number of anilines is 4. The number of hydrogen-bond acceptors (Lipinski definition) is 13. The standard InChI is InChI=1S/C20H25N7O6.C7H15NO2S/c1-27-12(9-23-16-15(27)18(31)26-20(21)25-16)8-22-11-4-2-10(3-5-11)17(30)24-13(19(32)33)6-7-14(28)29;1-3-10-7(9)6(8)4-5-11-2/h2-5,12-13,22H,6-9H2,1H3,(H,24,30)(H,28,29)(H,32,33)(H4,21,23,25,26,31);6H,3-5,8H2,1-2H3/t12-,13-;6-/m00/s1. The average molecular weight is 637 g/mol. The van der Waals surface area contributed by atoms with Gasteiger partial charge < -0.3 is 47.3 Å². The molecule has 3 rings (SSSR count). The van der Waals surface area contributed by atoms with Crippen molar-refractivity contribution in [3.8, 4) is 0 Å². The molecule has 0 radical (unpaired) electrons. The largest absolute Gasteiger partial charge is 0.481 e. The van der Waals surface area contributed by atoms with E-state index in [4.69, 9.17) is 21.3 Å². The highest BCUT2D eigenvalue weighted by Gasteiger charge is 2.27. The van der Waals surface area contributed by atoms with Crippen molar-refractivity contribution < 1.29 is 34.1 Å². The van der Waals surface area contributed by atoms with Crippen molar-refractivity contribution in [2.45, 2.75) is 44.3 Å². The molecular weight excluding hydrogens is 596 g/mol. The Kier molecular flexibility index (Phi) is 14.2. The first-order valence-electron chi connectivity index (χ1n) is 13.7. The van der Waals surface area contributed by atoms with Crippen LogP contribution in [0.4, 0.5) is 23.1 Å². The maximum absolute atomic E-state index is 12.3. The van der Waals surface area contributed by atoms with E-state index in [1.54, 1.807) is 37.9 Å². The third-order valence-electron chi connectivity index (χ3n) is 6.48. The summed E-state index contributed by atoms with van der Waals surface area (Å²) in [5, 5.41) is 26.6. The number of nitrogen functional groups attached to an aromatic ring is 1. The molecule has 1 aromatic heterocycles. The van der Waals surface area contributed by atoms with Crippen LogP contribution in [0.3, 0.4) is 0 Å². The number of rotatable bonds is 14. The maximum atomic E-state index is 12.3. The average Bonchev–Trinajstić information content (AvgIpc) is 2.97. The number of ether oxygens (including phenoxy) is 1. The summed E-state index contributed by atoms with van der Waals surface area (Å²) in [4.78, 5) is 65.8. The van der Waals surface area contributed by atoms with Gasteiger partial charge in [0.15, 0.2) is 5.82 Å². The number of carbonyl (C=O) groups excluding carboxylic acids is 2. The zero-order chi connectivity index (χ0) is 32.8. The summed E-state index contributed by atoms with van der Waals surface area (Å²) in [5.41, 5.74) is 12.1. The van der Waals surface area contributed by atoms with Crippen LogP contribution in [0.25, 0.3) is 0 Å². The van der Waals surface area contributed by atoms with Crippen molar-refractivity contribution in [1.82, 2.24) is 15.3 Å². The Bertz CT molecular complexity index is 1340. The van der Waals surface area contributed by atoms with Crippen molar-refractivity contribution in [3.63, 3.8) is 0 Å². The molecule has 1 aliphatic rings. The summed E-state index contributed by atoms with van der Waals surface area (Å²) in [6.45, 7) is 3.19. The van der Waals surface area contributed by atoms with Gasteiger partial charge in [-0.15, -0.1) is 0 Å². The summed E-state index contributed by atoms with van der Waals surface area (Å²) in [6, 6.07) is 4.59. The lowest BCUT2D eigenvalue weighted by atomic mass is 10.1. The number of amides is 1. The minimum atomic E-state index is -1.30. The fourth-order valence-electron chi connectivity index (χ4n) is 4.03. The molecule has 2 heterocycles. The zero-order valence-electron chi connectivity index (χ0n) is 24.8. The van der Waals surface area contributed by atoms with E-state index < -0.39 is 29.9 Å². The molecule has 1 amide bonds. The third kappa shape index (κ3) is 11.0. The van der Waals surface area contributed by atoms with Crippen LogP contribution in [0.2, 0.25) is 0 Å². The van der Waals surface area contributed by atoms with Crippen molar-refractivity contribution in [2.24, 2.45) is 5.73 Å². The smallest absolute Gasteiger partial charge is 0.326 e. The molecule has 10 N–H and O–H groups in total. The Hall–Kier alpha value is -4.51. The molecule has 17 heteroatoms. The van der Waals surface area contributed by atoms with Gasteiger partial charge in [-0.1, -0.05) is 0 Å². The molecule has 0 saturated heterocycles. The molecule has 242 valence electrons. The molecule has 0 unspecified atom stereocenters. The van der Waals surface area contributed by atoms with Crippen LogP contribution in [0.1, 0.15) is 36.5 Å². The number of nitrogens with one attached hydrogen (secondary N) is 4. The van der Waals surface area contributed by atoms with Crippen molar-refractivity contribution >= 4 is 58.7 Å². The Labute approximate surface area is 258 Å². The first-order chi connectivity index (χ1) is 20.9. The lowest BCUT2D eigenvalue weighted by Crippen LogP contribution is -2.48. The first-order valence-corrected chi connectivity index (χ1v) is 15.1. The number of thioether (sulfide) groups is 1. The molecule has 2 aromatic rings.